The van der Waals surface area contributed by atoms with Crippen molar-refractivity contribution in [3.05, 3.63) is 0 Å². The van der Waals surface area contributed by atoms with Crippen molar-refractivity contribution in [3.63, 3.8) is 0 Å². The normalized spacial score (nSPS) is 19.5. The second kappa shape index (κ2) is 6.08. The van der Waals surface area contributed by atoms with E-state index in [1.165, 1.54) is 12.8 Å². The number of hydrogen-bond acceptors (Lipinski definition) is 3. The largest absolute Gasteiger partial charge is 0.395 e. The summed E-state index contributed by atoms with van der Waals surface area (Å²) in [5.41, 5.74) is 0. The van der Waals surface area contributed by atoms with Crippen LogP contribution in [-0.2, 0) is 4.79 Å². The molecule has 1 aliphatic rings. The maximum Gasteiger partial charge on any atom is 0.236 e. The zero-order chi connectivity index (χ0) is 11.3. The molecular weight excluding hydrogens is 192 g/mol. The van der Waals surface area contributed by atoms with Crippen molar-refractivity contribution in [3.8, 4) is 0 Å². The number of amides is 1. The smallest absolute Gasteiger partial charge is 0.236 e. The minimum atomic E-state index is -0.134. The van der Waals surface area contributed by atoms with Crippen LogP contribution in [0.15, 0.2) is 0 Å². The molecule has 15 heavy (non-hydrogen) atoms. The predicted molar refractivity (Wildman–Crippen MR) is 59.6 cm³/mol. The molecule has 0 radical (unpaired) electrons. The molecule has 0 aromatic heterocycles. The molecule has 1 amide bonds. The monoisotopic (exact) mass is 214 g/mol. The van der Waals surface area contributed by atoms with E-state index in [2.05, 4.69) is 10.2 Å². The van der Waals surface area contributed by atoms with Crippen molar-refractivity contribution >= 4 is 5.91 Å². The summed E-state index contributed by atoms with van der Waals surface area (Å²) in [7, 11) is 1.66. The summed E-state index contributed by atoms with van der Waals surface area (Å²) in [5.74, 6) is 0.0374. The van der Waals surface area contributed by atoms with E-state index in [1.807, 2.05) is 6.92 Å². The first-order valence-corrected chi connectivity index (χ1v) is 5.79. The first-order chi connectivity index (χ1) is 7.20. The van der Waals surface area contributed by atoms with Crippen molar-refractivity contribution in [1.29, 1.82) is 0 Å². The highest BCUT2D eigenvalue weighted by Gasteiger charge is 2.28. The lowest BCUT2D eigenvalue weighted by atomic mass is 10.1. The van der Waals surface area contributed by atoms with Gasteiger partial charge in [0.1, 0.15) is 0 Å². The van der Waals surface area contributed by atoms with Gasteiger partial charge < -0.3 is 10.4 Å². The lowest BCUT2D eigenvalue weighted by Crippen LogP contribution is -2.49. The quantitative estimate of drug-likeness (QED) is 0.694. The van der Waals surface area contributed by atoms with Crippen LogP contribution in [0.3, 0.4) is 0 Å². The third-order valence-electron chi connectivity index (χ3n) is 3.28. The summed E-state index contributed by atoms with van der Waals surface area (Å²) >= 11 is 0. The Morgan fingerprint density at radius 1 is 1.53 bits per heavy atom. The molecule has 1 fully saturated rings. The standard InChI is InChI=1S/C11H22N2O2/c1-9(11(15)12-2)13(7-8-14)10-5-3-4-6-10/h9-10,14H,3-8H2,1-2H3,(H,12,15). The van der Waals surface area contributed by atoms with Crippen molar-refractivity contribution in [2.75, 3.05) is 20.2 Å². The van der Waals surface area contributed by atoms with Gasteiger partial charge in [0, 0.05) is 19.6 Å². The number of aliphatic hydroxyl groups excluding tert-OH is 1. The third kappa shape index (κ3) is 3.18. The number of nitrogens with one attached hydrogen (secondary N) is 1. The van der Waals surface area contributed by atoms with Crippen LogP contribution in [0.2, 0.25) is 0 Å². The summed E-state index contributed by atoms with van der Waals surface area (Å²) in [6.45, 7) is 2.63. The Morgan fingerprint density at radius 2 is 2.13 bits per heavy atom. The first-order valence-electron chi connectivity index (χ1n) is 5.79. The molecule has 0 bridgehead atoms. The molecule has 0 aliphatic heterocycles. The molecule has 1 rings (SSSR count). The van der Waals surface area contributed by atoms with Gasteiger partial charge in [0.15, 0.2) is 0 Å². The number of carbonyl (C=O) groups is 1. The van der Waals surface area contributed by atoms with E-state index >= 15 is 0 Å². The lowest BCUT2D eigenvalue weighted by molar-refractivity contribution is -0.126. The van der Waals surface area contributed by atoms with E-state index in [9.17, 15) is 4.79 Å². The van der Waals surface area contributed by atoms with Gasteiger partial charge in [-0.1, -0.05) is 12.8 Å². The molecule has 0 aromatic carbocycles. The van der Waals surface area contributed by atoms with Crippen molar-refractivity contribution in [2.45, 2.75) is 44.7 Å². The summed E-state index contributed by atoms with van der Waals surface area (Å²) in [6, 6.07) is 0.342. The minimum Gasteiger partial charge on any atom is -0.395 e. The Labute approximate surface area is 91.6 Å². The maximum absolute atomic E-state index is 11.6. The average molecular weight is 214 g/mol. The highest BCUT2D eigenvalue weighted by atomic mass is 16.3. The lowest BCUT2D eigenvalue weighted by Gasteiger charge is -2.32. The van der Waals surface area contributed by atoms with Crippen LogP contribution >= 0.6 is 0 Å². The molecule has 1 atom stereocenters. The highest BCUT2D eigenvalue weighted by Crippen LogP contribution is 2.24. The van der Waals surface area contributed by atoms with E-state index in [4.69, 9.17) is 5.11 Å². The molecule has 4 nitrogen and oxygen atoms in total. The van der Waals surface area contributed by atoms with Gasteiger partial charge in [0.05, 0.1) is 12.6 Å². The second-order valence-electron chi connectivity index (χ2n) is 4.19. The zero-order valence-electron chi connectivity index (χ0n) is 9.70. The van der Waals surface area contributed by atoms with Crippen LogP contribution in [0.1, 0.15) is 32.6 Å². The Morgan fingerprint density at radius 3 is 2.60 bits per heavy atom. The van der Waals surface area contributed by atoms with Gasteiger partial charge in [0.25, 0.3) is 0 Å². The summed E-state index contributed by atoms with van der Waals surface area (Å²) in [4.78, 5) is 13.7. The molecule has 1 aliphatic carbocycles. The molecule has 2 N–H and O–H groups in total. The Balaban J connectivity index is 2.58. The van der Waals surface area contributed by atoms with E-state index in [0.29, 0.717) is 12.6 Å². The number of hydrogen-bond donors (Lipinski definition) is 2. The summed E-state index contributed by atoms with van der Waals surface area (Å²) in [6.07, 6.45) is 4.79. The average Bonchev–Trinajstić information content (AvgIpc) is 2.77. The fourth-order valence-electron chi connectivity index (χ4n) is 2.40. The van der Waals surface area contributed by atoms with Gasteiger partial charge in [-0.3, -0.25) is 9.69 Å². The fraction of sp³-hybridized carbons (Fsp3) is 0.909. The van der Waals surface area contributed by atoms with Crippen molar-refractivity contribution < 1.29 is 9.90 Å². The molecule has 1 unspecified atom stereocenters. The predicted octanol–water partition coefficient (Wildman–Crippen LogP) is 0.358. The second-order valence-corrected chi connectivity index (χ2v) is 4.19. The van der Waals surface area contributed by atoms with Gasteiger partial charge in [0.2, 0.25) is 5.91 Å². The van der Waals surface area contributed by atoms with E-state index in [1.54, 1.807) is 7.05 Å². The van der Waals surface area contributed by atoms with Crippen LogP contribution < -0.4 is 5.32 Å². The summed E-state index contributed by atoms with van der Waals surface area (Å²) < 4.78 is 0. The first kappa shape index (κ1) is 12.5. The van der Waals surface area contributed by atoms with Gasteiger partial charge in [-0.05, 0) is 19.8 Å². The summed E-state index contributed by atoms with van der Waals surface area (Å²) in [5, 5.41) is 11.7. The SMILES string of the molecule is CNC(=O)C(C)N(CCO)C1CCCC1. The number of aliphatic hydroxyl groups is 1. The molecular formula is C11H22N2O2. The van der Waals surface area contributed by atoms with Gasteiger partial charge in [-0.2, -0.15) is 0 Å². The molecule has 0 aromatic rings. The van der Waals surface area contributed by atoms with Crippen LogP contribution in [0.4, 0.5) is 0 Å². The van der Waals surface area contributed by atoms with Crippen LogP contribution in [0, 0.1) is 0 Å². The Hall–Kier alpha value is -0.610. The maximum atomic E-state index is 11.6. The van der Waals surface area contributed by atoms with Crippen LogP contribution in [0.5, 0.6) is 0 Å². The van der Waals surface area contributed by atoms with Crippen LogP contribution in [-0.4, -0.2) is 48.2 Å². The Kier molecular flexibility index (Phi) is 5.05. The van der Waals surface area contributed by atoms with Gasteiger partial charge in [-0.15, -0.1) is 0 Å². The van der Waals surface area contributed by atoms with Crippen molar-refractivity contribution in [1.82, 2.24) is 10.2 Å². The number of nitrogens with zero attached hydrogens (tertiary/aromatic N) is 1. The van der Waals surface area contributed by atoms with E-state index in [0.717, 1.165) is 12.8 Å². The molecule has 88 valence electrons. The van der Waals surface area contributed by atoms with Gasteiger partial charge >= 0.3 is 0 Å². The zero-order valence-corrected chi connectivity index (χ0v) is 9.70. The van der Waals surface area contributed by atoms with Crippen molar-refractivity contribution in [2.24, 2.45) is 0 Å². The van der Waals surface area contributed by atoms with Gasteiger partial charge in [-0.25, -0.2) is 0 Å². The third-order valence-corrected chi connectivity index (χ3v) is 3.28. The molecule has 0 heterocycles. The molecule has 4 heteroatoms. The molecule has 1 saturated carbocycles. The number of likely N-dealkylation sites (N-methyl/N-ethyl adjacent to an activating group) is 1. The number of carbonyl (C=O) groups excluding carboxylic acids is 1. The van der Waals surface area contributed by atoms with Crippen LogP contribution in [0.25, 0.3) is 0 Å². The number of rotatable bonds is 5. The Bertz CT molecular complexity index is 203. The van der Waals surface area contributed by atoms with E-state index < -0.39 is 0 Å². The highest BCUT2D eigenvalue weighted by molar-refractivity contribution is 5.81. The fourth-order valence-corrected chi connectivity index (χ4v) is 2.40. The molecule has 0 saturated heterocycles. The van der Waals surface area contributed by atoms with E-state index in [-0.39, 0.29) is 18.6 Å². The molecule has 0 spiro atoms. The topological polar surface area (TPSA) is 52.6 Å². The minimum absolute atomic E-state index is 0.0374.